The Labute approximate surface area is 119 Å². The molecule has 2 rings (SSSR count). The van der Waals surface area contributed by atoms with Crippen LogP contribution in [0.25, 0.3) is 0 Å². The highest BCUT2D eigenvalue weighted by molar-refractivity contribution is 5.94. The van der Waals surface area contributed by atoms with Gasteiger partial charge in [0, 0.05) is 51.9 Å². The molecule has 1 aromatic carbocycles. The zero-order valence-electron chi connectivity index (χ0n) is 11.9. The van der Waals surface area contributed by atoms with Gasteiger partial charge in [-0.15, -0.1) is 0 Å². The first-order valence-corrected chi connectivity index (χ1v) is 7.03. The van der Waals surface area contributed by atoms with Crippen molar-refractivity contribution < 1.29 is 14.3 Å². The summed E-state index contributed by atoms with van der Waals surface area (Å²) in [7, 11) is 1.68. The Balaban J connectivity index is 1.85. The summed E-state index contributed by atoms with van der Waals surface area (Å²) in [6, 6.07) is 7.36. The Morgan fingerprint density at radius 2 is 1.90 bits per heavy atom. The molecule has 0 spiro atoms. The summed E-state index contributed by atoms with van der Waals surface area (Å²) in [5, 5.41) is 3.24. The molecule has 5 heteroatoms. The normalized spacial score (nSPS) is 15.2. The molecule has 1 aromatic rings. The number of piperazine rings is 1. The Hall–Kier alpha value is -1.59. The molecule has 0 bridgehead atoms. The molecule has 1 aliphatic rings. The molecule has 1 N–H and O–H groups in total. The molecule has 110 valence electrons. The Kier molecular flexibility index (Phi) is 5.83. The number of methoxy groups -OCH3 is 1. The van der Waals surface area contributed by atoms with Crippen LogP contribution in [-0.2, 0) is 4.74 Å². The minimum Gasteiger partial charge on any atom is -0.494 e. The van der Waals surface area contributed by atoms with Crippen molar-refractivity contribution in [3.05, 3.63) is 29.8 Å². The molecule has 0 aromatic heterocycles. The number of rotatable bonds is 6. The zero-order chi connectivity index (χ0) is 14.2. The number of carbonyl (C=O) groups is 1. The van der Waals surface area contributed by atoms with E-state index >= 15 is 0 Å². The number of nitrogens with one attached hydrogen (secondary N) is 1. The van der Waals surface area contributed by atoms with Gasteiger partial charge in [0.1, 0.15) is 5.75 Å². The van der Waals surface area contributed by atoms with E-state index in [0.717, 1.165) is 43.9 Å². The number of ether oxygens (including phenoxy) is 2. The van der Waals surface area contributed by atoms with E-state index < -0.39 is 0 Å². The highest BCUT2D eigenvalue weighted by atomic mass is 16.5. The maximum atomic E-state index is 12.3. The Morgan fingerprint density at radius 1 is 1.20 bits per heavy atom. The summed E-state index contributed by atoms with van der Waals surface area (Å²) < 4.78 is 10.5. The quantitative estimate of drug-likeness (QED) is 0.793. The van der Waals surface area contributed by atoms with Crippen LogP contribution < -0.4 is 10.1 Å². The molecule has 0 aliphatic carbocycles. The molecule has 0 radical (unpaired) electrons. The summed E-state index contributed by atoms with van der Waals surface area (Å²) in [5.74, 6) is 0.885. The lowest BCUT2D eigenvalue weighted by atomic mass is 10.2. The summed E-state index contributed by atoms with van der Waals surface area (Å²) in [6.45, 7) is 4.60. The molecular weight excluding hydrogens is 256 g/mol. The van der Waals surface area contributed by atoms with E-state index in [1.165, 1.54) is 0 Å². The lowest BCUT2D eigenvalue weighted by molar-refractivity contribution is 0.0736. The van der Waals surface area contributed by atoms with Crippen molar-refractivity contribution in [2.75, 3.05) is 46.5 Å². The van der Waals surface area contributed by atoms with Crippen molar-refractivity contribution in [2.24, 2.45) is 0 Å². The van der Waals surface area contributed by atoms with Crippen LogP contribution in [-0.4, -0.2) is 57.3 Å². The van der Waals surface area contributed by atoms with Gasteiger partial charge in [0.2, 0.25) is 0 Å². The molecule has 0 atom stereocenters. The molecule has 1 fully saturated rings. The van der Waals surface area contributed by atoms with Crippen LogP contribution in [0, 0.1) is 0 Å². The average molecular weight is 278 g/mol. The molecular formula is C15H22N2O3. The van der Waals surface area contributed by atoms with Gasteiger partial charge in [0.25, 0.3) is 5.91 Å². The largest absolute Gasteiger partial charge is 0.494 e. The fourth-order valence-corrected chi connectivity index (χ4v) is 2.14. The van der Waals surface area contributed by atoms with E-state index in [-0.39, 0.29) is 5.91 Å². The van der Waals surface area contributed by atoms with Crippen molar-refractivity contribution in [1.29, 1.82) is 0 Å². The SMILES string of the molecule is COCCCOc1ccc(C(=O)N2CCNCC2)cc1. The van der Waals surface area contributed by atoms with Crippen LogP contribution in [0.3, 0.4) is 0 Å². The third-order valence-corrected chi connectivity index (χ3v) is 3.27. The molecule has 1 amide bonds. The van der Waals surface area contributed by atoms with Crippen LogP contribution in [0.15, 0.2) is 24.3 Å². The summed E-state index contributed by atoms with van der Waals surface area (Å²) in [6.07, 6.45) is 0.859. The van der Waals surface area contributed by atoms with Crippen molar-refractivity contribution in [3.8, 4) is 5.75 Å². The van der Waals surface area contributed by atoms with Crippen molar-refractivity contribution >= 4 is 5.91 Å². The van der Waals surface area contributed by atoms with Crippen LogP contribution in [0.4, 0.5) is 0 Å². The summed E-state index contributed by atoms with van der Waals surface area (Å²) >= 11 is 0. The van der Waals surface area contributed by atoms with E-state index in [0.29, 0.717) is 13.2 Å². The lowest BCUT2D eigenvalue weighted by Gasteiger charge is -2.27. The van der Waals surface area contributed by atoms with Gasteiger partial charge >= 0.3 is 0 Å². The van der Waals surface area contributed by atoms with Gasteiger partial charge in [-0.25, -0.2) is 0 Å². The Morgan fingerprint density at radius 3 is 2.55 bits per heavy atom. The number of benzene rings is 1. The molecule has 0 saturated carbocycles. The van der Waals surface area contributed by atoms with Crippen LogP contribution >= 0.6 is 0 Å². The summed E-state index contributed by atoms with van der Waals surface area (Å²) in [4.78, 5) is 14.1. The summed E-state index contributed by atoms with van der Waals surface area (Å²) in [5.41, 5.74) is 0.719. The maximum absolute atomic E-state index is 12.3. The number of amides is 1. The zero-order valence-corrected chi connectivity index (χ0v) is 11.9. The van der Waals surface area contributed by atoms with Gasteiger partial charge in [0.15, 0.2) is 0 Å². The van der Waals surface area contributed by atoms with Gasteiger partial charge in [-0.2, -0.15) is 0 Å². The monoisotopic (exact) mass is 278 g/mol. The minimum absolute atomic E-state index is 0.0948. The topological polar surface area (TPSA) is 50.8 Å². The van der Waals surface area contributed by atoms with Gasteiger partial charge in [-0.1, -0.05) is 0 Å². The maximum Gasteiger partial charge on any atom is 0.253 e. The third-order valence-electron chi connectivity index (χ3n) is 3.27. The van der Waals surface area contributed by atoms with E-state index in [1.807, 2.05) is 29.2 Å². The van der Waals surface area contributed by atoms with E-state index in [1.54, 1.807) is 7.11 Å². The van der Waals surface area contributed by atoms with Crippen LogP contribution in [0.1, 0.15) is 16.8 Å². The van der Waals surface area contributed by atoms with E-state index in [4.69, 9.17) is 9.47 Å². The van der Waals surface area contributed by atoms with Gasteiger partial charge in [-0.3, -0.25) is 4.79 Å². The molecule has 20 heavy (non-hydrogen) atoms. The predicted molar refractivity (Wildman–Crippen MR) is 77.2 cm³/mol. The van der Waals surface area contributed by atoms with E-state index in [9.17, 15) is 4.79 Å². The predicted octanol–water partition coefficient (Wildman–Crippen LogP) is 1.15. The van der Waals surface area contributed by atoms with Crippen LogP contribution in [0.5, 0.6) is 5.75 Å². The fraction of sp³-hybridized carbons (Fsp3) is 0.533. The number of hydrogen-bond acceptors (Lipinski definition) is 4. The molecule has 5 nitrogen and oxygen atoms in total. The second-order valence-electron chi connectivity index (χ2n) is 4.76. The smallest absolute Gasteiger partial charge is 0.253 e. The number of hydrogen-bond donors (Lipinski definition) is 1. The lowest BCUT2D eigenvalue weighted by Crippen LogP contribution is -2.46. The van der Waals surface area contributed by atoms with Crippen LogP contribution in [0.2, 0.25) is 0 Å². The van der Waals surface area contributed by atoms with Crippen molar-refractivity contribution in [3.63, 3.8) is 0 Å². The minimum atomic E-state index is 0.0948. The van der Waals surface area contributed by atoms with Crippen molar-refractivity contribution in [1.82, 2.24) is 10.2 Å². The number of nitrogens with zero attached hydrogens (tertiary/aromatic N) is 1. The molecule has 1 saturated heterocycles. The average Bonchev–Trinajstić information content (AvgIpc) is 2.52. The van der Waals surface area contributed by atoms with Gasteiger partial charge in [-0.05, 0) is 24.3 Å². The molecule has 1 aliphatic heterocycles. The first-order chi connectivity index (χ1) is 9.81. The number of carbonyl (C=O) groups excluding carboxylic acids is 1. The third kappa shape index (κ3) is 4.21. The van der Waals surface area contributed by atoms with Gasteiger partial charge in [0.05, 0.1) is 6.61 Å². The van der Waals surface area contributed by atoms with E-state index in [2.05, 4.69) is 5.32 Å². The second-order valence-corrected chi connectivity index (χ2v) is 4.76. The van der Waals surface area contributed by atoms with Gasteiger partial charge < -0.3 is 19.7 Å². The second kappa shape index (κ2) is 7.87. The van der Waals surface area contributed by atoms with Crippen molar-refractivity contribution in [2.45, 2.75) is 6.42 Å². The fourth-order valence-electron chi connectivity index (χ4n) is 2.14. The highest BCUT2D eigenvalue weighted by Gasteiger charge is 2.17. The molecule has 1 heterocycles. The highest BCUT2D eigenvalue weighted by Crippen LogP contribution is 2.14. The molecule has 0 unspecified atom stereocenters. The first kappa shape index (κ1) is 14.8. The first-order valence-electron chi connectivity index (χ1n) is 7.03. The standard InChI is InChI=1S/C15H22N2O3/c1-19-11-2-12-20-14-5-3-13(4-6-14)15(18)17-9-7-16-8-10-17/h3-6,16H,2,7-12H2,1H3. The Bertz CT molecular complexity index is 414.